The van der Waals surface area contributed by atoms with Crippen molar-refractivity contribution < 1.29 is 24.2 Å². The molecule has 2 aromatic rings. The lowest BCUT2D eigenvalue weighted by atomic mass is 9.83. The van der Waals surface area contributed by atoms with E-state index in [1.54, 1.807) is 11.0 Å². The van der Waals surface area contributed by atoms with Crippen LogP contribution >= 0.6 is 0 Å². The molecule has 2 unspecified atom stereocenters. The second kappa shape index (κ2) is 10.3. The Bertz CT molecular complexity index is 1080. The second-order valence-corrected chi connectivity index (χ2v) is 9.39. The number of amides is 2. The molecule has 4 rings (SSSR count). The standard InChI is InChI=1S/C28H32N2O5/c1-3-9-24(25(31)30-16-15-28(18-30,14-4-2)26(32)33)29-27(34)35-17-23-21-12-7-5-10-19(21)20-11-6-8-13-22(20)23/h3,5-8,10-13,23-24H,1,4,9,14-18H2,2H3,(H,29,34)(H,32,33). The minimum Gasteiger partial charge on any atom is -0.481 e. The van der Waals surface area contributed by atoms with Crippen LogP contribution in [0.2, 0.25) is 0 Å². The number of hydrogen-bond acceptors (Lipinski definition) is 4. The molecule has 2 N–H and O–H groups in total. The lowest BCUT2D eigenvalue weighted by molar-refractivity contribution is -0.149. The molecular weight excluding hydrogens is 444 g/mol. The predicted octanol–water partition coefficient (Wildman–Crippen LogP) is 4.57. The number of alkyl carbamates (subject to hydrolysis) is 1. The van der Waals surface area contributed by atoms with Crippen LogP contribution in [0.1, 0.15) is 49.7 Å². The average Bonchev–Trinajstić information content (AvgIpc) is 3.43. The number of ether oxygens (including phenoxy) is 1. The fourth-order valence-corrected chi connectivity index (χ4v) is 5.42. The summed E-state index contributed by atoms with van der Waals surface area (Å²) in [4.78, 5) is 39.4. The molecule has 184 valence electrons. The van der Waals surface area contributed by atoms with E-state index in [1.807, 2.05) is 43.3 Å². The van der Waals surface area contributed by atoms with Crippen LogP contribution in [0.25, 0.3) is 11.1 Å². The number of likely N-dealkylation sites (tertiary alicyclic amines) is 1. The van der Waals surface area contributed by atoms with Gasteiger partial charge in [-0.15, -0.1) is 6.58 Å². The van der Waals surface area contributed by atoms with E-state index < -0.39 is 23.5 Å². The summed E-state index contributed by atoms with van der Waals surface area (Å²) in [7, 11) is 0. The first-order valence-electron chi connectivity index (χ1n) is 12.1. The summed E-state index contributed by atoms with van der Waals surface area (Å²) in [5, 5.41) is 12.4. The van der Waals surface area contributed by atoms with Gasteiger partial charge in [0.15, 0.2) is 0 Å². The maximum atomic E-state index is 13.2. The highest BCUT2D eigenvalue weighted by molar-refractivity contribution is 5.87. The lowest BCUT2D eigenvalue weighted by Crippen LogP contribution is -2.49. The Morgan fingerprint density at radius 1 is 1.17 bits per heavy atom. The molecule has 1 saturated heterocycles. The Hall–Kier alpha value is -3.61. The highest BCUT2D eigenvalue weighted by Crippen LogP contribution is 2.44. The number of carbonyl (C=O) groups is 3. The summed E-state index contributed by atoms with van der Waals surface area (Å²) in [6, 6.07) is 15.3. The van der Waals surface area contributed by atoms with Crippen molar-refractivity contribution in [2.45, 2.75) is 44.6 Å². The summed E-state index contributed by atoms with van der Waals surface area (Å²) in [6.07, 6.45) is 2.77. The summed E-state index contributed by atoms with van der Waals surface area (Å²) in [6.45, 7) is 6.29. The third-order valence-corrected chi connectivity index (χ3v) is 7.18. The van der Waals surface area contributed by atoms with Crippen LogP contribution in [0.15, 0.2) is 61.2 Å². The van der Waals surface area contributed by atoms with Gasteiger partial charge in [0.1, 0.15) is 12.6 Å². The largest absolute Gasteiger partial charge is 0.481 e. The molecule has 0 bridgehead atoms. The average molecular weight is 477 g/mol. The maximum Gasteiger partial charge on any atom is 0.407 e. The summed E-state index contributed by atoms with van der Waals surface area (Å²) in [5.74, 6) is -1.26. The SMILES string of the molecule is C=CCC(NC(=O)OCC1c2ccccc2-c2ccccc21)C(=O)N1CCC(CCC)(C(=O)O)C1. The summed E-state index contributed by atoms with van der Waals surface area (Å²) >= 11 is 0. The number of aliphatic carboxylic acids is 1. The lowest BCUT2D eigenvalue weighted by Gasteiger charge is -2.27. The minimum absolute atomic E-state index is 0.0782. The monoisotopic (exact) mass is 476 g/mol. The number of carboxylic acids is 1. The van der Waals surface area contributed by atoms with Crippen LogP contribution in [0.3, 0.4) is 0 Å². The van der Waals surface area contributed by atoms with Gasteiger partial charge >= 0.3 is 12.1 Å². The van der Waals surface area contributed by atoms with Crippen molar-refractivity contribution in [2.24, 2.45) is 5.41 Å². The molecule has 1 fully saturated rings. The van der Waals surface area contributed by atoms with E-state index in [1.165, 1.54) is 0 Å². The van der Waals surface area contributed by atoms with Gasteiger partial charge in [0.25, 0.3) is 0 Å². The van der Waals surface area contributed by atoms with E-state index in [0.717, 1.165) is 28.7 Å². The zero-order valence-corrected chi connectivity index (χ0v) is 20.0. The van der Waals surface area contributed by atoms with Crippen LogP contribution in [0.5, 0.6) is 0 Å². The first kappa shape index (κ1) is 24.5. The number of benzene rings is 2. The Morgan fingerprint density at radius 2 is 1.80 bits per heavy atom. The molecule has 7 nitrogen and oxygen atoms in total. The van der Waals surface area contributed by atoms with E-state index >= 15 is 0 Å². The van der Waals surface area contributed by atoms with Gasteiger partial charge in [0, 0.05) is 19.0 Å². The van der Waals surface area contributed by atoms with Crippen molar-refractivity contribution in [2.75, 3.05) is 19.7 Å². The zero-order chi connectivity index (χ0) is 25.0. The van der Waals surface area contributed by atoms with Gasteiger partial charge in [-0.3, -0.25) is 9.59 Å². The van der Waals surface area contributed by atoms with Gasteiger partial charge in [-0.1, -0.05) is 68.0 Å². The molecule has 1 aliphatic heterocycles. The Morgan fingerprint density at radius 3 is 2.37 bits per heavy atom. The number of nitrogens with one attached hydrogen (secondary N) is 1. The third-order valence-electron chi connectivity index (χ3n) is 7.18. The van der Waals surface area contributed by atoms with E-state index in [4.69, 9.17) is 4.74 Å². The van der Waals surface area contributed by atoms with Crippen LogP contribution in [0, 0.1) is 5.41 Å². The van der Waals surface area contributed by atoms with Crippen molar-refractivity contribution in [1.82, 2.24) is 10.2 Å². The van der Waals surface area contributed by atoms with E-state index in [-0.39, 0.29) is 31.4 Å². The van der Waals surface area contributed by atoms with Gasteiger partial charge in [0.2, 0.25) is 5.91 Å². The number of fused-ring (bicyclic) bond motifs is 3. The fraction of sp³-hybridized carbons (Fsp3) is 0.393. The Balaban J connectivity index is 1.41. The zero-order valence-electron chi connectivity index (χ0n) is 20.0. The molecule has 0 aromatic heterocycles. The first-order valence-corrected chi connectivity index (χ1v) is 12.1. The molecule has 0 spiro atoms. The maximum absolute atomic E-state index is 13.2. The topological polar surface area (TPSA) is 95.9 Å². The highest BCUT2D eigenvalue weighted by atomic mass is 16.5. The quantitative estimate of drug-likeness (QED) is 0.517. The van der Waals surface area contributed by atoms with Gasteiger partial charge in [-0.2, -0.15) is 0 Å². The molecule has 1 heterocycles. The number of carbonyl (C=O) groups excluding carboxylic acids is 2. The van der Waals surface area contributed by atoms with Crippen molar-refractivity contribution in [3.05, 3.63) is 72.3 Å². The Labute approximate surface area is 205 Å². The van der Waals surface area contributed by atoms with Gasteiger partial charge in [-0.05, 0) is 41.5 Å². The molecule has 35 heavy (non-hydrogen) atoms. The number of carboxylic acid groups (broad SMARTS) is 1. The molecule has 0 saturated carbocycles. The van der Waals surface area contributed by atoms with Crippen molar-refractivity contribution in [1.29, 1.82) is 0 Å². The number of hydrogen-bond donors (Lipinski definition) is 2. The van der Waals surface area contributed by atoms with E-state index in [2.05, 4.69) is 24.0 Å². The highest BCUT2D eigenvalue weighted by Gasteiger charge is 2.46. The summed E-state index contributed by atoms with van der Waals surface area (Å²) in [5.41, 5.74) is 3.57. The van der Waals surface area contributed by atoms with Gasteiger partial charge in [-0.25, -0.2) is 4.79 Å². The fourth-order valence-electron chi connectivity index (χ4n) is 5.42. The Kier molecular flexibility index (Phi) is 7.24. The van der Waals surface area contributed by atoms with Crippen molar-refractivity contribution in [3.8, 4) is 11.1 Å². The molecule has 2 aromatic carbocycles. The first-order chi connectivity index (χ1) is 16.9. The molecule has 2 amide bonds. The minimum atomic E-state index is -0.924. The number of nitrogens with zero attached hydrogens (tertiary/aromatic N) is 1. The molecule has 1 aliphatic carbocycles. The third kappa shape index (κ3) is 4.81. The van der Waals surface area contributed by atoms with Crippen LogP contribution in [-0.4, -0.2) is 53.7 Å². The van der Waals surface area contributed by atoms with Gasteiger partial charge in [0.05, 0.1) is 5.41 Å². The van der Waals surface area contributed by atoms with Crippen LogP contribution in [-0.2, 0) is 14.3 Å². The smallest absolute Gasteiger partial charge is 0.407 e. The molecular formula is C28H32N2O5. The van der Waals surface area contributed by atoms with Crippen molar-refractivity contribution in [3.63, 3.8) is 0 Å². The number of rotatable bonds is 9. The van der Waals surface area contributed by atoms with E-state index in [0.29, 0.717) is 19.4 Å². The van der Waals surface area contributed by atoms with Crippen molar-refractivity contribution >= 4 is 18.0 Å². The molecule has 7 heteroatoms. The second-order valence-electron chi connectivity index (χ2n) is 9.39. The molecule has 2 aliphatic rings. The van der Waals surface area contributed by atoms with Crippen LogP contribution in [0.4, 0.5) is 4.79 Å². The summed E-state index contributed by atoms with van der Waals surface area (Å²) < 4.78 is 5.60. The molecule has 2 atom stereocenters. The molecule has 0 radical (unpaired) electrons. The van der Waals surface area contributed by atoms with E-state index in [9.17, 15) is 19.5 Å². The normalized spacial score (nSPS) is 19.5. The van der Waals surface area contributed by atoms with Crippen LogP contribution < -0.4 is 5.32 Å². The predicted molar refractivity (Wildman–Crippen MR) is 133 cm³/mol. The van der Waals surface area contributed by atoms with Gasteiger partial charge < -0.3 is 20.1 Å².